The highest BCUT2D eigenvalue weighted by molar-refractivity contribution is 9.06. The number of rotatable bonds is 50. The molecule has 0 rings (SSSR count). The van der Waals surface area contributed by atoms with E-state index in [1.807, 2.05) is 0 Å². The molecule has 0 radical (unpaired) electrons. The average Bonchev–Trinajstić information content (AvgIpc) is 3.20. The van der Waals surface area contributed by atoms with Gasteiger partial charge < -0.3 is 3.83 Å². The summed E-state index contributed by atoms with van der Waals surface area (Å²) in [5.74, 6) is -0.141. The number of carbonyl (C=O) groups excluding carboxylic acids is 1. The topological polar surface area (TPSA) is 26.3 Å². The van der Waals surface area contributed by atoms with Gasteiger partial charge in [-0.15, -0.1) is 0 Å². The van der Waals surface area contributed by atoms with Crippen LogP contribution in [0.5, 0.6) is 0 Å². The first kappa shape index (κ1) is 55.0. The third-order valence-electron chi connectivity index (χ3n) is 12.6. The maximum absolute atomic E-state index is 11.1. The van der Waals surface area contributed by atoms with Crippen LogP contribution in [0.3, 0.4) is 0 Å². The second-order valence-electron chi connectivity index (χ2n) is 18.2. The molecule has 0 spiro atoms. The van der Waals surface area contributed by atoms with E-state index < -0.39 is 0 Å². The van der Waals surface area contributed by atoms with Gasteiger partial charge in [0, 0.05) is 6.42 Å². The van der Waals surface area contributed by atoms with E-state index in [1.165, 1.54) is 302 Å². The first-order valence-corrected chi connectivity index (χ1v) is 26.8. The van der Waals surface area contributed by atoms with E-state index in [2.05, 4.69) is 27.0 Å². The van der Waals surface area contributed by atoms with E-state index in [0.29, 0.717) is 6.42 Å². The molecular weight excluding hydrogens is 736 g/mol. The van der Waals surface area contributed by atoms with Crippen LogP contribution in [0.25, 0.3) is 0 Å². The van der Waals surface area contributed by atoms with E-state index in [-0.39, 0.29) is 5.97 Å². The summed E-state index contributed by atoms with van der Waals surface area (Å²) in [7, 11) is 0. The van der Waals surface area contributed by atoms with Crippen molar-refractivity contribution in [1.82, 2.24) is 0 Å². The van der Waals surface area contributed by atoms with Gasteiger partial charge in [0.05, 0.1) is 0 Å². The van der Waals surface area contributed by atoms with Crippen molar-refractivity contribution in [3.63, 3.8) is 0 Å². The normalized spacial score (nSPS) is 11.5. The molecule has 0 unspecified atom stereocenters. The first-order chi connectivity index (χ1) is 27.3. The summed E-state index contributed by atoms with van der Waals surface area (Å²) < 4.78 is 4.51. The molecule has 55 heavy (non-hydrogen) atoms. The van der Waals surface area contributed by atoms with Crippen LogP contribution in [-0.4, -0.2) is 5.97 Å². The SMILES string of the molecule is CCCCCCCCCCCCCCCCCCCCCCCCCCCCCCCCCCCCCCCCCCCCCCCCCCCC(=O)OBr. The Labute approximate surface area is 357 Å². The van der Waals surface area contributed by atoms with Gasteiger partial charge in [-0.2, -0.15) is 0 Å². The lowest BCUT2D eigenvalue weighted by atomic mass is 10.0. The van der Waals surface area contributed by atoms with Crippen molar-refractivity contribution >= 4 is 22.2 Å². The predicted molar refractivity (Wildman–Crippen MR) is 252 cm³/mol. The van der Waals surface area contributed by atoms with Gasteiger partial charge in [0.15, 0.2) is 16.3 Å². The van der Waals surface area contributed by atoms with E-state index >= 15 is 0 Å². The fourth-order valence-corrected chi connectivity index (χ4v) is 8.85. The van der Waals surface area contributed by atoms with Gasteiger partial charge in [0.1, 0.15) is 0 Å². The highest BCUT2D eigenvalue weighted by atomic mass is 79.9. The molecule has 0 aliphatic heterocycles. The second kappa shape index (κ2) is 52.0. The lowest BCUT2D eigenvalue weighted by molar-refractivity contribution is -0.132. The van der Waals surface area contributed by atoms with E-state index in [1.54, 1.807) is 0 Å². The van der Waals surface area contributed by atoms with Crippen LogP contribution in [0.4, 0.5) is 0 Å². The molecule has 0 atom stereocenters. The Hall–Kier alpha value is -0.0500. The highest BCUT2D eigenvalue weighted by Gasteiger charge is 2.01. The average molecular weight is 840 g/mol. The number of hydrogen-bond acceptors (Lipinski definition) is 2. The maximum Gasteiger partial charge on any atom is 0.317 e. The van der Waals surface area contributed by atoms with Gasteiger partial charge in [0.2, 0.25) is 0 Å². The van der Waals surface area contributed by atoms with Crippen molar-refractivity contribution in [2.45, 2.75) is 328 Å². The van der Waals surface area contributed by atoms with Gasteiger partial charge in [-0.3, -0.25) is 4.79 Å². The molecule has 0 saturated carbocycles. The number of hydrogen-bond donors (Lipinski definition) is 0. The lowest BCUT2D eigenvalue weighted by Gasteiger charge is -2.05. The summed E-state index contributed by atoms with van der Waals surface area (Å²) in [6.07, 6.45) is 71.4. The summed E-state index contributed by atoms with van der Waals surface area (Å²) in [5.41, 5.74) is 0. The van der Waals surface area contributed by atoms with Crippen molar-refractivity contribution in [3.05, 3.63) is 0 Å². The Morgan fingerprint density at radius 1 is 0.255 bits per heavy atom. The third-order valence-corrected chi connectivity index (χ3v) is 12.9. The van der Waals surface area contributed by atoms with E-state index in [4.69, 9.17) is 0 Å². The Kier molecular flexibility index (Phi) is 51.9. The first-order valence-electron chi connectivity index (χ1n) is 26.1. The Balaban J connectivity index is 3.06. The van der Waals surface area contributed by atoms with Crippen molar-refractivity contribution < 1.29 is 8.62 Å². The highest BCUT2D eigenvalue weighted by Crippen LogP contribution is 2.19. The molecule has 0 bridgehead atoms. The quantitative estimate of drug-likeness (QED) is 0.0571. The van der Waals surface area contributed by atoms with Crippen LogP contribution in [-0.2, 0) is 8.62 Å². The molecule has 0 aliphatic rings. The van der Waals surface area contributed by atoms with Crippen molar-refractivity contribution in [2.24, 2.45) is 0 Å². The van der Waals surface area contributed by atoms with Gasteiger partial charge in [-0.1, -0.05) is 315 Å². The Bertz CT molecular complexity index is 681. The Morgan fingerprint density at radius 3 is 0.509 bits per heavy atom. The molecule has 0 aliphatic carbocycles. The van der Waals surface area contributed by atoms with E-state index in [0.717, 1.165) is 12.8 Å². The number of carbonyl (C=O) groups is 1. The molecule has 2 nitrogen and oxygen atoms in total. The number of halogens is 1. The molecular formula is C52H103BrO2. The van der Waals surface area contributed by atoms with Crippen molar-refractivity contribution in [1.29, 1.82) is 0 Å². The van der Waals surface area contributed by atoms with Crippen LogP contribution in [0.2, 0.25) is 0 Å². The minimum Gasteiger partial charge on any atom is -0.384 e. The molecule has 0 N–H and O–H groups in total. The van der Waals surface area contributed by atoms with Gasteiger partial charge in [0.25, 0.3) is 0 Å². The third kappa shape index (κ3) is 51.9. The number of unbranched alkanes of at least 4 members (excludes halogenated alkanes) is 48. The van der Waals surface area contributed by atoms with E-state index in [9.17, 15) is 4.79 Å². The molecule has 3 heteroatoms. The lowest BCUT2D eigenvalue weighted by Crippen LogP contribution is -1.95. The van der Waals surface area contributed by atoms with Gasteiger partial charge in [-0.05, 0) is 6.42 Å². The molecule has 0 amide bonds. The van der Waals surface area contributed by atoms with Crippen molar-refractivity contribution in [2.75, 3.05) is 0 Å². The fraction of sp³-hybridized carbons (Fsp3) is 0.981. The molecule has 330 valence electrons. The Morgan fingerprint density at radius 2 is 0.382 bits per heavy atom. The molecule has 0 saturated heterocycles. The maximum atomic E-state index is 11.1. The van der Waals surface area contributed by atoms with Crippen LogP contribution >= 0.6 is 16.3 Å². The molecule has 0 aromatic rings. The minimum atomic E-state index is -0.141. The molecule has 0 aromatic heterocycles. The largest absolute Gasteiger partial charge is 0.384 e. The summed E-state index contributed by atoms with van der Waals surface area (Å²) in [6, 6.07) is 0. The standard InChI is InChI=1S/C52H103BrO2/c1-2-3-4-5-6-7-8-9-10-11-12-13-14-15-16-17-18-19-20-21-22-23-24-25-26-27-28-29-30-31-32-33-34-35-36-37-38-39-40-41-42-43-44-45-46-47-48-49-50-51-52(54)55-53/h2-51H2,1H3. The molecule has 0 heterocycles. The molecule has 0 aromatic carbocycles. The van der Waals surface area contributed by atoms with Crippen LogP contribution in [0, 0.1) is 0 Å². The summed E-state index contributed by atoms with van der Waals surface area (Å²) in [5, 5.41) is 0. The van der Waals surface area contributed by atoms with Gasteiger partial charge in [-0.25, -0.2) is 0 Å². The molecule has 0 fully saturated rings. The van der Waals surface area contributed by atoms with Crippen LogP contribution in [0.1, 0.15) is 328 Å². The van der Waals surface area contributed by atoms with Crippen molar-refractivity contribution in [3.8, 4) is 0 Å². The second-order valence-corrected chi connectivity index (χ2v) is 18.5. The zero-order valence-electron chi connectivity index (χ0n) is 38.0. The fourth-order valence-electron chi connectivity index (χ4n) is 8.69. The minimum absolute atomic E-state index is 0.141. The predicted octanol–water partition coefficient (Wildman–Crippen LogP) is 20.4. The zero-order chi connectivity index (χ0) is 39.6. The summed E-state index contributed by atoms with van der Waals surface area (Å²) in [4.78, 5) is 11.1. The van der Waals surface area contributed by atoms with Crippen LogP contribution in [0.15, 0.2) is 0 Å². The zero-order valence-corrected chi connectivity index (χ0v) is 39.6. The summed E-state index contributed by atoms with van der Waals surface area (Å²) >= 11 is 2.75. The monoisotopic (exact) mass is 839 g/mol. The smallest absolute Gasteiger partial charge is 0.317 e. The van der Waals surface area contributed by atoms with Crippen LogP contribution < -0.4 is 0 Å². The van der Waals surface area contributed by atoms with Gasteiger partial charge >= 0.3 is 5.97 Å². The summed E-state index contributed by atoms with van der Waals surface area (Å²) in [6.45, 7) is 2.31.